The second kappa shape index (κ2) is 17.7. The predicted octanol–water partition coefficient (Wildman–Crippen LogP) is 5.60. The van der Waals surface area contributed by atoms with Gasteiger partial charge in [0.1, 0.15) is 37.1 Å². The minimum Gasteiger partial charge on any atom is -0.488 e. The lowest BCUT2D eigenvalue weighted by Gasteiger charge is -2.17. The van der Waals surface area contributed by atoms with E-state index in [1.807, 2.05) is 61.5 Å². The Balaban J connectivity index is 1.22. The number of hydrogen-bond acceptors (Lipinski definition) is 10. The van der Waals surface area contributed by atoms with Crippen molar-refractivity contribution < 1.29 is 19.7 Å². The Morgan fingerprint density at radius 3 is 2.45 bits per heavy atom. The molecule has 4 aromatic carbocycles. The highest BCUT2D eigenvalue weighted by Crippen LogP contribution is 2.35. The van der Waals surface area contributed by atoms with Crippen molar-refractivity contribution in [3.05, 3.63) is 146 Å². The number of nitrogens with one attached hydrogen (secondary N) is 2. The molecule has 0 radical (unpaired) electrons. The van der Waals surface area contributed by atoms with Crippen LogP contribution in [-0.4, -0.2) is 51.1 Å². The van der Waals surface area contributed by atoms with E-state index in [0.29, 0.717) is 64.9 Å². The third kappa shape index (κ3) is 9.07. The van der Waals surface area contributed by atoms with Gasteiger partial charge in [-0.2, -0.15) is 5.26 Å². The fourth-order valence-corrected chi connectivity index (χ4v) is 6.19. The van der Waals surface area contributed by atoms with Crippen molar-refractivity contribution in [2.75, 3.05) is 26.3 Å². The van der Waals surface area contributed by atoms with Crippen LogP contribution < -0.4 is 25.7 Å². The van der Waals surface area contributed by atoms with Gasteiger partial charge in [0.05, 0.1) is 40.4 Å². The molecule has 0 fully saturated rings. The van der Waals surface area contributed by atoms with Gasteiger partial charge in [0.15, 0.2) is 0 Å². The number of ether oxygens (including phenoxy) is 2. The molecule has 0 spiro atoms. The number of nitriles is 1. The molecular weight excluding hydrogens is 692 g/mol. The molecule has 0 unspecified atom stereocenters. The Bertz CT molecular complexity index is 2320. The second-order valence-corrected chi connectivity index (χ2v) is 12.8. The average molecular weight is 731 g/mol. The Morgan fingerprint density at radius 1 is 0.849 bits per heavy atom. The van der Waals surface area contributed by atoms with Gasteiger partial charge in [-0.1, -0.05) is 48.0 Å². The molecule has 0 saturated heterocycles. The van der Waals surface area contributed by atoms with E-state index in [9.17, 15) is 15.2 Å². The standard InChI is InChI=1S/C41H39ClN6O5/c1-27-32(25-53-40-18-39(33(17-37(40)42)23-45-11-13-50)52-24-30-14-29(19-43)21-46-22-30)5-3-7-35(27)31-4-2-6-34(16-31)48-26-47-38-15-28(20-44-10-12-49)8-9-36(38)41(48)51/h2-9,14-18,21-22,26,44-45,49-50H,10-13,20,23-25H2,1H3. The van der Waals surface area contributed by atoms with Gasteiger partial charge >= 0.3 is 0 Å². The van der Waals surface area contributed by atoms with Gasteiger partial charge in [-0.05, 0) is 71.1 Å². The zero-order chi connectivity index (χ0) is 37.2. The number of halogens is 1. The highest BCUT2D eigenvalue weighted by molar-refractivity contribution is 6.32. The summed E-state index contributed by atoms with van der Waals surface area (Å²) in [4.78, 5) is 22.3. The zero-order valence-electron chi connectivity index (χ0n) is 29.2. The molecule has 270 valence electrons. The molecule has 0 aliphatic carbocycles. The molecule has 0 amide bonds. The maximum absolute atomic E-state index is 13.6. The maximum Gasteiger partial charge on any atom is 0.265 e. The molecule has 0 aliphatic rings. The molecule has 0 atom stereocenters. The number of hydrogen-bond donors (Lipinski definition) is 4. The van der Waals surface area contributed by atoms with Crippen molar-refractivity contribution in [3.63, 3.8) is 0 Å². The number of pyridine rings is 1. The van der Waals surface area contributed by atoms with E-state index in [1.54, 1.807) is 41.4 Å². The van der Waals surface area contributed by atoms with Crippen molar-refractivity contribution in [2.45, 2.75) is 33.2 Å². The van der Waals surface area contributed by atoms with Gasteiger partial charge in [-0.25, -0.2) is 4.98 Å². The summed E-state index contributed by atoms with van der Waals surface area (Å²) in [7, 11) is 0. The van der Waals surface area contributed by atoms with Gasteiger partial charge in [0.2, 0.25) is 0 Å². The Labute approximate surface area is 312 Å². The predicted molar refractivity (Wildman–Crippen MR) is 204 cm³/mol. The average Bonchev–Trinajstić information content (AvgIpc) is 3.18. The number of nitrogens with zero attached hydrogens (tertiary/aromatic N) is 4. The summed E-state index contributed by atoms with van der Waals surface area (Å²) < 4.78 is 14.0. The molecule has 2 heterocycles. The number of aliphatic hydroxyl groups is 2. The quantitative estimate of drug-likeness (QED) is 0.0926. The summed E-state index contributed by atoms with van der Waals surface area (Å²) in [5.74, 6) is 0.994. The van der Waals surface area contributed by atoms with Crippen LogP contribution in [-0.2, 0) is 26.3 Å². The van der Waals surface area contributed by atoms with Crippen LogP contribution in [0.25, 0.3) is 27.7 Å². The molecule has 11 nitrogen and oxygen atoms in total. The van der Waals surface area contributed by atoms with Crippen molar-refractivity contribution in [1.82, 2.24) is 25.2 Å². The molecule has 0 bridgehead atoms. The molecular formula is C41H39ClN6O5. The van der Waals surface area contributed by atoms with Gasteiger partial charge in [-0.3, -0.25) is 14.3 Å². The third-order valence-corrected chi connectivity index (χ3v) is 9.04. The largest absolute Gasteiger partial charge is 0.488 e. The van der Waals surface area contributed by atoms with E-state index in [-0.39, 0.29) is 32.0 Å². The zero-order valence-corrected chi connectivity index (χ0v) is 29.9. The van der Waals surface area contributed by atoms with Crippen LogP contribution in [0.1, 0.15) is 33.4 Å². The molecule has 0 aliphatic heterocycles. The van der Waals surface area contributed by atoms with E-state index in [0.717, 1.165) is 38.9 Å². The van der Waals surface area contributed by atoms with Gasteiger partial charge in [0.25, 0.3) is 5.56 Å². The van der Waals surface area contributed by atoms with Crippen molar-refractivity contribution in [3.8, 4) is 34.4 Å². The van der Waals surface area contributed by atoms with E-state index in [2.05, 4.69) is 26.7 Å². The van der Waals surface area contributed by atoms with Crippen LogP contribution in [0.15, 0.2) is 102 Å². The van der Waals surface area contributed by atoms with Crippen LogP contribution in [0.4, 0.5) is 0 Å². The van der Waals surface area contributed by atoms with Crippen LogP contribution in [0.5, 0.6) is 11.5 Å². The van der Waals surface area contributed by atoms with Gasteiger partial charge in [0, 0.05) is 55.8 Å². The Kier molecular flexibility index (Phi) is 12.4. The number of aromatic nitrogens is 3. The first-order chi connectivity index (χ1) is 25.9. The summed E-state index contributed by atoms with van der Waals surface area (Å²) in [6.07, 6.45) is 4.70. The van der Waals surface area contributed by atoms with E-state index < -0.39 is 0 Å². The van der Waals surface area contributed by atoms with Crippen LogP contribution in [0.2, 0.25) is 5.02 Å². The summed E-state index contributed by atoms with van der Waals surface area (Å²) in [6.45, 7) is 4.39. The lowest BCUT2D eigenvalue weighted by Crippen LogP contribution is -2.20. The number of aliphatic hydroxyl groups excluding tert-OH is 2. The molecule has 4 N–H and O–H groups in total. The fraction of sp³-hybridized carbons (Fsp3) is 0.220. The normalized spacial score (nSPS) is 11.1. The Hall–Kier alpha value is -5.61. The summed E-state index contributed by atoms with van der Waals surface area (Å²) in [5.41, 5.74) is 7.98. The topological polar surface area (TPSA) is 155 Å². The summed E-state index contributed by atoms with van der Waals surface area (Å²) >= 11 is 6.71. The molecule has 2 aromatic heterocycles. The SMILES string of the molecule is Cc1c(COc2cc(OCc3cncc(C#N)c3)c(CNCCO)cc2Cl)cccc1-c1cccc(-n2cnc3cc(CNCCO)ccc3c2=O)c1. The second-order valence-electron chi connectivity index (χ2n) is 12.4. The monoisotopic (exact) mass is 730 g/mol. The minimum atomic E-state index is -0.163. The number of benzene rings is 4. The summed E-state index contributed by atoms with van der Waals surface area (Å²) in [5, 5.41) is 34.8. The van der Waals surface area contributed by atoms with Gasteiger partial charge in [-0.15, -0.1) is 0 Å². The van der Waals surface area contributed by atoms with Crippen molar-refractivity contribution >= 4 is 22.5 Å². The van der Waals surface area contributed by atoms with Crippen molar-refractivity contribution in [1.29, 1.82) is 5.26 Å². The highest BCUT2D eigenvalue weighted by Gasteiger charge is 2.15. The Morgan fingerprint density at radius 2 is 1.64 bits per heavy atom. The molecule has 0 saturated carbocycles. The minimum absolute atomic E-state index is 0.00761. The fourth-order valence-electron chi connectivity index (χ4n) is 5.95. The third-order valence-electron chi connectivity index (χ3n) is 8.74. The molecule has 6 rings (SSSR count). The number of rotatable bonds is 16. The first kappa shape index (κ1) is 37.2. The first-order valence-electron chi connectivity index (χ1n) is 17.1. The van der Waals surface area contributed by atoms with Crippen LogP contribution in [0, 0.1) is 18.3 Å². The maximum atomic E-state index is 13.6. The molecule has 12 heteroatoms. The van der Waals surface area contributed by atoms with Gasteiger partial charge < -0.3 is 30.3 Å². The lowest BCUT2D eigenvalue weighted by molar-refractivity contribution is 0.282. The van der Waals surface area contributed by atoms with Crippen LogP contribution in [0.3, 0.4) is 0 Å². The highest BCUT2D eigenvalue weighted by atomic mass is 35.5. The number of fused-ring (bicyclic) bond motifs is 1. The van der Waals surface area contributed by atoms with E-state index in [4.69, 9.17) is 26.2 Å². The molecule has 6 aromatic rings. The van der Waals surface area contributed by atoms with E-state index in [1.165, 1.54) is 6.20 Å². The molecule has 53 heavy (non-hydrogen) atoms. The van der Waals surface area contributed by atoms with Crippen molar-refractivity contribution in [2.24, 2.45) is 0 Å². The summed E-state index contributed by atoms with van der Waals surface area (Å²) in [6, 6.07) is 26.7. The first-order valence-corrected chi connectivity index (χ1v) is 17.5. The van der Waals surface area contributed by atoms with E-state index >= 15 is 0 Å². The smallest absolute Gasteiger partial charge is 0.265 e. The van der Waals surface area contributed by atoms with Crippen LogP contribution >= 0.6 is 11.6 Å². The lowest BCUT2D eigenvalue weighted by atomic mass is 9.96.